The van der Waals surface area contributed by atoms with Gasteiger partial charge in [0.15, 0.2) is 0 Å². The maximum Gasteiger partial charge on any atom is 0.115 e. The van der Waals surface area contributed by atoms with Gasteiger partial charge in [0, 0.05) is 0 Å². The molecular formula is C14H23NO. The van der Waals surface area contributed by atoms with Gasteiger partial charge in [-0.1, -0.05) is 32.4 Å². The number of aromatic hydroxyl groups is 1. The van der Waals surface area contributed by atoms with Crippen LogP contribution in [0.3, 0.4) is 0 Å². The molecule has 1 unspecified atom stereocenters. The van der Waals surface area contributed by atoms with Crippen LogP contribution in [0.4, 0.5) is 0 Å². The van der Waals surface area contributed by atoms with Crippen LogP contribution >= 0.6 is 0 Å². The minimum Gasteiger partial charge on any atom is -0.508 e. The van der Waals surface area contributed by atoms with E-state index in [1.165, 1.54) is 12.0 Å². The molecule has 0 amide bonds. The van der Waals surface area contributed by atoms with E-state index in [9.17, 15) is 0 Å². The van der Waals surface area contributed by atoms with E-state index in [0.717, 1.165) is 31.8 Å². The lowest BCUT2D eigenvalue weighted by atomic mass is 10.1. The molecule has 0 aromatic heterocycles. The van der Waals surface area contributed by atoms with Gasteiger partial charge in [-0.05, 0) is 49.5 Å². The molecule has 2 heteroatoms. The quantitative estimate of drug-likeness (QED) is 0.694. The molecule has 2 N–H and O–H groups in total. The highest BCUT2D eigenvalue weighted by Crippen LogP contribution is 2.10. The lowest BCUT2D eigenvalue weighted by Crippen LogP contribution is -2.22. The Balaban J connectivity index is 2.09. The van der Waals surface area contributed by atoms with Crippen LogP contribution in [-0.4, -0.2) is 18.2 Å². The topological polar surface area (TPSA) is 32.3 Å². The number of hydrogen-bond donors (Lipinski definition) is 2. The zero-order chi connectivity index (χ0) is 11.8. The van der Waals surface area contributed by atoms with Gasteiger partial charge in [0.25, 0.3) is 0 Å². The van der Waals surface area contributed by atoms with Crippen LogP contribution in [0, 0.1) is 5.92 Å². The van der Waals surface area contributed by atoms with Crippen molar-refractivity contribution in [2.45, 2.75) is 33.1 Å². The first-order chi connectivity index (χ1) is 7.72. The highest BCUT2D eigenvalue weighted by atomic mass is 16.3. The average molecular weight is 221 g/mol. The molecule has 0 aliphatic rings. The third kappa shape index (κ3) is 5.17. The third-order valence-electron chi connectivity index (χ3n) is 2.95. The lowest BCUT2D eigenvalue weighted by molar-refractivity contribution is 0.475. The Kier molecular flexibility index (Phi) is 5.94. The van der Waals surface area contributed by atoms with Crippen LogP contribution in [0.1, 0.15) is 32.3 Å². The molecule has 1 aromatic carbocycles. The Morgan fingerprint density at radius 1 is 1.25 bits per heavy atom. The summed E-state index contributed by atoms with van der Waals surface area (Å²) in [6.07, 6.45) is 3.47. The van der Waals surface area contributed by atoms with Gasteiger partial charge in [-0.3, -0.25) is 0 Å². The fourth-order valence-corrected chi connectivity index (χ4v) is 1.57. The number of hydrogen-bond acceptors (Lipinski definition) is 2. The van der Waals surface area contributed by atoms with Crippen molar-refractivity contribution < 1.29 is 5.11 Å². The summed E-state index contributed by atoms with van der Waals surface area (Å²) >= 11 is 0. The highest BCUT2D eigenvalue weighted by Gasteiger charge is 1.97. The summed E-state index contributed by atoms with van der Waals surface area (Å²) in [5.74, 6) is 1.12. The summed E-state index contributed by atoms with van der Waals surface area (Å²) in [4.78, 5) is 0. The monoisotopic (exact) mass is 221 g/mol. The molecule has 0 aliphatic heterocycles. The number of phenolic OH excluding ortho intramolecular Hbond substituents is 1. The summed E-state index contributed by atoms with van der Waals surface area (Å²) < 4.78 is 0. The summed E-state index contributed by atoms with van der Waals surface area (Å²) in [6, 6.07) is 7.48. The molecule has 0 radical (unpaired) electrons. The molecule has 0 fully saturated rings. The second kappa shape index (κ2) is 7.29. The molecule has 0 saturated heterocycles. The molecule has 2 nitrogen and oxygen atoms in total. The molecule has 0 saturated carbocycles. The molecule has 0 aliphatic carbocycles. The largest absolute Gasteiger partial charge is 0.508 e. The second-order valence-electron chi connectivity index (χ2n) is 4.49. The molecule has 0 heterocycles. The zero-order valence-corrected chi connectivity index (χ0v) is 10.4. The third-order valence-corrected chi connectivity index (χ3v) is 2.95. The van der Waals surface area contributed by atoms with Crippen molar-refractivity contribution in [1.29, 1.82) is 0 Å². The predicted molar refractivity (Wildman–Crippen MR) is 68.8 cm³/mol. The van der Waals surface area contributed by atoms with E-state index in [0.29, 0.717) is 5.75 Å². The smallest absolute Gasteiger partial charge is 0.115 e. The van der Waals surface area contributed by atoms with E-state index < -0.39 is 0 Å². The Hall–Kier alpha value is -1.02. The van der Waals surface area contributed by atoms with Gasteiger partial charge in [0.2, 0.25) is 0 Å². The molecule has 1 atom stereocenters. The maximum absolute atomic E-state index is 9.14. The van der Waals surface area contributed by atoms with E-state index in [2.05, 4.69) is 19.2 Å². The van der Waals surface area contributed by atoms with Crippen molar-refractivity contribution in [2.75, 3.05) is 13.1 Å². The second-order valence-corrected chi connectivity index (χ2v) is 4.49. The van der Waals surface area contributed by atoms with Crippen LogP contribution in [0.15, 0.2) is 24.3 Å². The van der Waals surface area contributed by atoms with Crippen molar-refractivity contribution in [3.05, 3.63) is 29.8 Å². The van der Waals surface area contributed by atoms with Crippen molar-refractivity contribution in [3.8, 4) is 5.75 Å². The number of nitrogens with one attached hydrogen (secondary N) is 1. The molecule has 0 spiro atoms. The fraction of sp³-hybridized carbons (Fsp3) is 0.571. The summed E-state index contributed by atoms with van der Waals surface area (Å²) in [5, 5.41) is 12.6. The highest BCUT2D eigenvalue weighted by molar-refractivity contribution is 5.25. The fourth-order valence-electron chi connectivity index (χ4n) is 1.57. The van der Waals surface area contributed by atoms with Crippen molar-refractivity contribution >= 4 is 0 Å². The van der Waals surface area contributed by atoms with Crippen LogP contribution in [-0.2, 0) is 6.42 Å². The van der Waals surface area contributed by atoms with Crippen LogP contribution in [0.5, 0.6) is 5.75 Å². The number of benzene rings is 1. The van der Waals surface area contributed by atoms with Crippen molar-refractivity contribution in [1.82, 2.24) is 5.32 Å². The molecule has 1 rings (SSSR count). The Labute approximate surface area is 98.7 Å². The normalized spacial score (nSPS) is 12.6. The summed E-state index contributed by atoms with van der Waals surface area (Å²) in [7, 11) is 0. The maximum atomic E-state index is 9.14. The first-order valence-corrected chi connectivity index (χ1v) is 6.21. The Morgan fingerprint density at radius 2 is 1.94 bits per heavy atom. The minimum absolute atomic E-state index is 0.346. The first kappa shape index (κ1) is 13.0. The Bertz CT molecular complexity index is 281. The average Bonchev–Trinajstić information content (AvgIpc) is 2.31. The van der Waals surface area contributed by atoms with E-state index in [4.69, 9.17) is 5.11 Å². The van der Waals surface area contributed by atoms with Gasteiger partial charge in [0.1, 0.15) is 5.75 Å². The molecular weight excluding hydrogens is 198 g/mol. The molecule has 90 valence electrons. The number of aryl methyl sites for hydroxylation is 1. The van der Waals surface area contributed by atoms with E-state index >= 15 is 0 Å². The number of rotatable bonds is 7. The standard InChI is InChI=1S/C14H23NO/c1-3-12(2)11-15-10-4-5-13-6-8-14(16)9-7-13/h6-9,12,15-16H,3-5,10-11H2,1-2H3. The Morgan fingerprint density at radius 3 is 2.56 bits per heavy atom. The predicted octanol–water partition coefficient (Wildman–Crippen LogP) is 2.96. The van der Waals surface area contributed by atoms with Crippen LogP contribution < -0.4 is 5.32 Å². The van der Waals surface area contributed by atoms with Crippen LogP contribution in [0.2, 0.25) is 0 Å². The van der Waals surface area contributed by atoms with E-state index in [-0.39, 0.29) is 0 Å². The summed E-state index contributed by atoms with van der Waals surface area (Å²) in [6.45, 7) is 6.69. The van der Waals surface area contributed by atoms with E-state index in [1.54, 1.807) is 12.1 Å². The van der Waals surface area contributed by atoms with Crippen molar-refractivity contribution in [3.63, 3.8) is 0 Å². The summed E-state index contributed by atoms with van der Waals surface area (Å²) in [5.41, 5.74) is 1.29. The van der Waals surface area contributed by atoms with Gasteiger partial charge in [-0.25, -0.2) is 0 Å². The lowest BCUT2D eigenvalue weighted by Gasteiger charge is -2.09. The van der Waals surface area contributed by atoms with Gasteiger partial charge in [-0.2, -0.15) is 0 Å². The first-order valence-electron chi connectivity index (χ1n) is 6.21. The molecule has 0 bridgehead atoms. The van der Waals surface area contributed by atoms with Gasteiger partial charge >= 0.3 is 0 Å². The molecule has 1 aromatic rings. The van der Waals surface area contributed by atoms with Gasteiger partial charge in [0.05, 0.1) is 0 Å². The van der Waals surface area contributed by atoms with E-state index in [1.807, 2.05) is 12.1 Å². The van der Waals surface area contributed by atoms with Gasteiger partial charge in [-0.15, -0.1) is 0 Å². The SMILES string of the molecule is CCC(C)CNCCCc1ccc(O)cc1. The van der Waals surface area contributed by atoms with Gasteiger partial charge < -0.3 is 10.4 Å². The zero-order valence-electron chi connectivity index (χ0n) is 10.4. The molecule has 16 heavy (non-hydrogen) atoms. The van der Waals surface area contributed by atoms with Crippen LogP contribution in [0.25, 0.3) is 0 Å². The number of phenols is 1. The minimum atomic E-state index is 0.346. The van der Waals surface area contributed by atoms with Crippen molar-refractivity contribution in [2.24, 2.45) is 5.92 Å².